The summed E-state index contributed by atoms with van der Waals surface area (Å²) in [5.74, 6) is -1.99. The van der Waals surface area contributed by atoms with E-state index in [0.717, 1.165) is 0 Å². The van der Waals surface area contributed by atoms with Gasteiger partial charge in [0.1, 0.15) is 0 Å². The molecule has 0 amide bonds. The molecule has 3 aromatic carbocycles. The summed E-state index contributed by atoms with van der Waals surface area (Å²) in [6.07, 6.45) is -16.9. The molecule has 0 fully saturated rings. The number of hydrogen-bond donors (Lipinski definition) is 0. The van der Waals surface area contributed by atoms with Crippen LogP contribution in [0.3, 0.4) is 0 Å². The first-order valence-electron chi connectivity index (χ1n) is 9.29. The van der Waals surface area contributed by atoms with Gasteiger partial charge in [-0.3, -0.25) is 0 Å². The third-order valence-electron chi connectivity index (χ3n) is 4.55. The Morgan fingerprint density at radius 3 is 1.32 bits per heavy atom. The second kappa shape index (κ2) is 9.51. The molecule has 0 spiro atoms. The van der Waals surface area contributed by atoms with E-state index in [9.17, 15) is 44.3 Å². The molecule has 0 bridgehead atoms. The second-order valence-electron chi connectivity index (χ2n) is 6.89. The molecule has 34 heavy (non-hydrogen) atoms. The van der Waals surface area contributed by atoms with Crippen LogP contribution >= 0.6 is 0 Å². The van der Waals surface area contributed by atoms with Gasteiger partial charge in [-0.2, -0.15) is 0 Å². The van der Waals surface area contributed by atoms with Gasteiger partial charge in [0.05, 0.1) is 0 Å². The zero-order chi connectivity index (χ0) is 25.3. The van der Waals surface area contributed by atoms with E-state index in [1.165, 1.54) is 24.3 Å². The van der Waals surface area contributed by atoms with Crippen LogP contribution in [0.5, 0.6) is 0 Å². The van der Waals surface area contributed by atoms with Crippen LogP contribution in [-0.2, 0) is 21.6 Å². The second-order valence-corrected chi connectivity index (χ2v) is 12.6. The number of carbonyl (C=O) groups is 1. The molecule has 0 aliphatic carbocycles. The van der Waals surface area contributed by atoms with E-state index in [4.69, 9.17) is 3.07 Å². The normalized spacial score (nSPS) is 12.6. The van der Waals surface area contributed by atoms with Crippen LogP contribution in [-0.4, -0.2) is 26.1 Å². The van der Waals surface area contributed by atoms with E-state index < -0.39 is 79.1 Å². The number of halogens is 9. The molecule has 12 heteroatoms. The number of hydrogen-bond acceptors (Lipinski definition) is 2. The van der Waals surface area contributed by atoms with Crippen molar-refractivity contribution in [2.24, 2.45) is 0 Å². The van der Waals surface area contributed by atoms with Crippen molar-refractivity contribution < 1.29 is 47.4 Å². The van der Waals surface area contributed by atoms with Crippen LogP contribution in [0.15, 0.2) is 72.8 Å². The van der Waals surface area contributed by atoms with Crippen molar-refractivity contribution >= 4 is 33.3 Å². The van der Waals surface area contributed by atoms with Gasteiger partial charge in [0, 0.05) is 0 Å². The van der Waals surface area contributed by atoms with Crippen LogP contribution in [0.25, 0.3) is 0 Å². The topological polar surface area (TPSA) is 26.3 Å². The fourth-order valence-electron chi connectivity index (χ4n) is 3.08. The Hall–Kier alpha value is -2.70. The summed E-state index contributed by atoms with van der Waals surface area (Å²) in [4.78, 5) is 12.8. The number of carbonyl (C=O) groups excluding carboxylic acids is 1. The first kappa shape index (κ1) is 25.9. The summed E-state index contributed by atoms with van der Waals surface area (Å²) in [6, 6.07) is 14.4. The fourth-order valence-corrected chi connectivity index (χ4v) is 8.35. The third kappa shape index (κ3) is 5.86. The van der Waals surface area contributed by atoms with E-state index >= 15 is 0 Å². The van der Waals surface area contributed by atoms with E-state index in [1.54, 1.807) is 36.4 Å². The third-order valence-corrected chi connectivity index (χ3v) is 10.6. The summed E-state index contributed by atoms with van der Waals surface area (Å²) in [6.45, 7) is 0. The molecule has 0 aliphatic rings. The minimum absolute atomic E-state index is 0.415. The molecule has 0 aromatic heterocycles. The number of rotatable bonds is 4. The summed E-state index contributed by atoms with van der Waals surface area (Å²) in [7, 11) is 0. The Bertz CT molecular complexity index is 1080. The summed E-state index contributed by atoms with van der Waals surface area (Å²) in [5, 5.41) is 0. The number of benzene rings is 3. The van der Waals surface area contributed by atoms with Gasteiger partial charge in [-0.1, -0.05) is 0 Å². The Balaban J connectivity index is 2.21. The molecule has 0 unspecified atom stereocenters. The first-order chi connectivity index (χ1) is 15.7. The van der Waals surface area contributed by atoms with Crippen molar-refractivity contribution in [3.63, 3.8) is 0 Å². The van der Waals surface area contributed by atoms with Gasteiger partial charge in [0.25, 0.3) is 0 Å². The van der Waals surface area contributed by atoms with Crippen LogP contribution in [0.2, 0.25) is 0 Å². The maximum absolute atomic E-state index is 13.6. The molecule has 0 saturated carbocycles. The predicted molar refractivity (Wildman–Crippen MR) is 105 cm³/mol. The van der Waals surface area contributed by atoms with Gasteiger partial charge in [0.15, 0.2) is 0 Å². The molecule has 1 radical (unpaired) electrons. The van der Waals surface area contributed by atoms with Gasteiger partial charge >= 0.3 is 194 Å². The van der Waals surface area contributed by atoms with Gasteiger partial charge in [-0.05, 0) is 0 Å². The van der Waals surface area contributed by atoms with Gasteiger partial charge < -0.3 is 0 Å². The maximum atomic E-state index is 13.6. The minimum atomic E-state index is -5.70. The van der Waals surface area contributed by atoms with Crippen molar-refractivity contribution in [2.45, 2.75) is 18.5 Å². The molecule has 0 atom stereocenters. The van der Waals surface area contributed by atoms with Crippen LogP contribution in [0, 0.1) is 0 Å². The van der Waals surface area contributed by atoms with Crippen LogP contribution < -0.4 is 7.16 Å². The SMILES string of the molecule is O=C([O][Sn]([c]1ccccc1)[c]1ccccc1)c1c(C(F)(F)F)cc(C(F)(F)F)cc1C(F)(F)F. The Morgan fingerprint density at radius 2 is 1.00 bits per heavy atom. The monoisotopic (exact) mass is 599 g/mol. The van der Waals surface area contributed by atoms with E-state index in [2.05, 4.69) is 0 Å². The molecule has 0 saturated heterocycles. The fraction of sp³-hybridized carbons (Fsp3) is 0.136. The molecule has 0 N–H and O–H groups in total. The van der Waals surface area contributed by atoms with Crippen LogP contribution in [0.1, 0.15) is 27.0 Å². The predicted octanol–water partition coefficient (Wildman–Crippen LogP) is 5.71. The van der Waals surface area contributed by atoms with Gasteiger partial charge in [0.2, 0.25) is 0 Å². The number of alkyl halides is 9. The van der Waals surface area contributed by atoms with Gasteiger partial charge in [-0.15, -0.1) is 0 Å². The Morgan fingerprint density at radius 1 is 0.618 bits per heavy atom. The first-order valence-corrected chi connectivity index (χ1v) is 13.3. The quantitative estimate of drug-likeness (QED) is 0.285. The molecule has 0 aliphatic heterocycles. The molecule has 179 valence electrons. The van der Waals surface area contributed by atoms with E-state index in [-0.39, 0.29) is 0 Å². The molecular weight excluding hydrogens is 586 g/mol. The van der Waals surface area contributed by atoms with Crippen molar-refractivity contribution in [3.05, 3.63) is 95.1 Å². The average Bonchev–Trinajstić information content (AvgIpc) is 2.75. The average molecular weight is 598 g/mol. The zero-order valence-corrected chi connectivity index (χ0v) is 19.5. The Labute approximate surface area is 194 Å². The van der Waals surface area contributed by atoms with Crippen molar-refractivity contribution in [3.8, 4) is 0 Å². The van der Waals surface area contributed by atoms with Crippen molar-refractivity contribution in [1.82, 2.24) is 0 Å². The standard InChI is InChI=1S/C10H3F9O2.2C6H5.Sn/c11-8(12,13)3-1-4(9(14,15)16)6(7(20)21)5(2-3)10(17,18)19;2*1-2-4-6-5-3-1;/h1-2H,(H,20,21);2*1-5H;/q;;;+1/p-1. The molecule has 3 aromatic rings. The molecular formula is C22H12F9O2Sn. The summed E-state index contributed by atoms with van der Waals surface area (Å²) in [5.41, 5.74) is -8.93. The van der Waals surface area contributed by atoms with Crippen LogP contribution in [0.4, 0.5) is 39.5 Å². The summed E-state index contributed by atoms with van der Waals surface area (Å²) >= 11 is -3.91. The molecule has 2 nitrogen and oxygen atoms in total. The van der Waals surface area contributed by atoms with Crippen molar-refractivity contribution in [1.29, 1.82) is 0 Å². The molecule has 3 rings (SSSR count). The summed E-state index contributed by atoms with van der Waals surface area (Å²) < 4.78 is 127. The molecule has 0 heterocycles. The Kier molecular flexibility index (Phi) is 7.25. The van der Waals surface area contributed by atoms with E-state index in [0.29, 0.717) is 7.16 Å². The zero-order valence-electron chi connectivity index (χ0n) is 16.6. The van der Waals surface area contributed by atoms with Crippen molar-refractivity contribution in [2.75, 3.05) is 0 Å². The van der Waals surface area contributed by atoms with Gasteiger partial charge in [-0.25, -0.2) is 0 Å². The van der Waals surface area contributed by atoms with E-state index in [1.807, 2.05) is 0 Å².